The quantitative estimate of drug-likeness (QED) is 0.263. The lowest BCUT2D eigenvalue weighted by Gasteiger charge is -2.40. The summed E-state index contributed by atoms with van der Waals surface area (Å²) in [6.07, 6.45) is -8.68. The number of aliphatic hydroxyl groups excluding tert-OH is 5. The lowest BCUT2D eigenvalue weighted by Crippen LogP contribution is -2.60. The molecule has 4 rings (SSSR count). The van der Waals surface area contributed by atoms with Gasteiger partial charge in [0.2, 0.25) is 12.1 Å². The molecular weight excluding hydrogens is 488 g/mol. The maximum absolute atomic E-state index is 13.1. The van der Waals surface area contributed by atoms with Gasteiger partial charge in [0, 0.05) is 11.6 Å². The highest BCUT2D eigenvalue weighted by Gasteiger charge is 2.46. The molecule has 7 atom stereocenters. The zero-order valence-electron chi connectivity index (χ0n) is 20.2. The second-order valence-corrected chi connectivity index (χ2v) is 9.31. The van der Waals surface area contributed by atoms with E-state index in [9.17, 15) is 40.5 Å². The van der Waals surface area contributed by atoms with E-state index >= 15 is 0 Å². The Morgan fingerprint density at radius 1 is 1.03 bits per heavy atom. The van der Waals surface area contributed by atoms with Crippen molar-refractivity contribution in [2.24, 2.45) is 0 Å². The minimum Gasteiger partial charge on any atom is -0.508 e. The van der Waals surface area contributed by atoms with Crippen molar-refractivity contribution in [3.05, 3.63) is 58.7 Å². The Kier molecular flexibility index (Phi) is 7.74. The van der Waals surface area contributed by atoms with Crippen LogP contribution in [0.15, 0.2) is 42.0 Å². The number of benzene rings is 2. The molecule has 0 radical (unpaired) electrons. The molecule has 1 fully saturated rings. The van der Waals surface area contributed by atoms with Crippen LogP contribution in [0.4, 0.5) is 0 Å². The van der Waals surface area contributed by atoms with Crippen LogP contribution in [0.25, 0.3) is 0 Å². The van der Waals surface area contributed by atoms with Gasteiger partial charge in [0.05, 0.1) is 6.61 Å². The zero-order chi connectivity index (χ0) is 27.0. The molecule has 11 nitrogen and oxygen atoms in total. The van der Waals surface area contributed by atoms with Crippen LogP contribution in [-0.2, 0) is 11.2 Å². The van der Waals surface area contributed by atoms with Crippen molar-refractivity contribution in [2.45, 2.75) is 63.2 Å². The molecule has 1 saturated heterocycles. The summed E-state index contributed by atoms with van der Waals surface area (Å²) in [5.74, 6) is -1.45. The number of rotatable bonds is 6. The van der Waals surface area contributed by atoms with Gasteiger partial charge in [-0.2, -0.15) is 0 Å². The second kappa shape index (κ2) is 10.7. The van der Waals surface area contributed by atoms with E-state index in [2.05, 4.69) is 0 Å². The maximum atomic E-state index is 13.1. The number of hydrogen-bond donors (Lipinski definition) is 7. The Morgan fingerprint density at radius 3 is 2.32 bits per heavy atom. The third-order valence-corrected chi connectivity index (χ3v) is 6.41. The first-order valence-electron chi connectivity index (χ1n) is 11.7. The van der Waals surface area contributed by atoms with Crippen LogP contribution in [0.5, 0.6) is 23.0 Å². The average Bonchev–Trinajstić information content (AvgIpc) is 2.86. The molecule has 37 heavy (non-hydrogen) atoms. The molecule has 0 amide bonds. The number of carbonyl (C=O) groups is 1. The number of hydrogen-bond acceptors (Lipinski definition) is 11. The van der Waals surface area contributed by atoms with Crippen molar-refractivity contribution in [1.29, 1.82) is 0 Å². The van der Waals surface area contributed by atoms with Crippen LogP contribution < -0.4 is 9.47 Å². The molecule has 0 aliphatic carbocycles. The molecule has 0 bridgehead atoms. The maximum Gasteiger partial charge on any atom is 0.229 e. The monoisotopic (exact) mass is 518 g/mol. The number of ketones is 1. The summed E-state index contributed by atoms with van der Waals surface area (Å²) >= 11 is 0. The van der Waals surface area contributed by atoms with Gasteiger partial charge in [-0.25, -0.2) is 0 Å². The van der Waals surface area contributed by atoms with Crippen LogP contribution in [0.3, 0.4) is 0 Å². The molecule has 7 unspecified atom stereocenters. The van der Waals surface area contributed by atoms with Gasteiger partial charge in [-0.05, 0) is 38.0 Å². The Balaban J connectivity index is 1.77. The van der Waals surface area contributed by atoms with Gasteiger partial charge in [0.25, 0.3) is 0 Å². The number of phenols is 2. The number of ether oxygens (including phenoxy) is 3. The highest BCUT2D eigenvalue weighted by atomic mass is 16.7. The van der Waals surface area contributed by atoms with E-state index in [1.54, 1.807) is 6.08 Å². The van der Waals surface area contributed by atoms with E-state index in [1.807, 2.05) is 13.8 Å². The number of fused-ring (bicyclic) bond motifs is 1. The third-order valence-electron chi connectivity index (χ3n) is 6.41. The van der Waals surface area contributed by atoms with Gasteiger partial charge in [0.15, 0.2) is 12.2 Å². The number of aliphatic hydroxyl groups is 5. The lowest BCUT2D eigenvalue weighted by atomic mass is 9.90. The van der Waals surface area contributed by atoms with Crippen molar-refractivity contribution in [1.82, 2.24) is 0 Å². The van der Waals surface area contributed by atoms with Gasteiger partial charge in [-0.3, -0.25) is 4.79 Å². The van der Waals surface area contributed by atoms with E-state index in [0.29, 0.717) is 5.56 Å². The van der Waals surface area contributed by atoms with Crippen LogP contribution >= 0.6 is 0 Å². The van der Waals surface area contributed by atoms with Crippen LogP contribution in [0, 0.1) is 0 Å². The first kappa shape index (κ1) is 26.9. The number of carbonyl (C=O) groups excluding carboxylic acids is 1. The van der Waals surface area contributed by atoms with Crippen molar-refractivity contribution in [3.63, 3.8) is 0 Å². The Bertz CT molecular complexity index is 1170. The number of aromatic hydroxyl groups is 2. The van der Waals surface area contributed by atoms with Gasteiger partial charge in [-0.15, -0.1) is 0 Å². The summed E-state index contributed by atoms with van der Waals surface area (Å²) < 4.78 is 17.2. The SMILES string of the molecule is CC(C)=CCc1c(OC2OC(CO)C(O)C(O)C2O)cc2c(c1O)C(=O)C(O)C(c1ccc(O)cc1)O2. The summed E-state index contributed by atoms with van der Waals surface area (Å²) in [7, 11) is 0. The summed E-state index contributed by atoms with van der Waals surface area (Å²) in [5, 5.41) is 71.5. The van der Waals surface area contributed by atoms with Gasteiger partial charge in [0.1, 0.15) is 53.0 Å². The first-order chi connectivity index (χ1) is 17.5. The van der Waals surface area contributed by atoms with Crippen molar-refractivity contribution < 1.29 is 54.8 Å². The topological polar surface area (TPSA) is 186 Å². The molecule has 2 aromatic carbocycles. The summed E-state index contributed by atoms with van der Waals surface area (Å²) in [5.41, 5.74) is 1.17. The predicted molar refractivity (Wildman–Crippen MR) is 127 cm³/mol. The lowest BCUT2D eigenvalue weighted by molar-refractivity contribution is -0.277. The fourth-order valence-electron chi connectivity index (χ4n) is 4.29. The molecule has 11 heteroatoms. The number of phenolic OH excluding ortho intramolecular Hbond substituents is 2. The average molecular weight is 519 g/mol. The third kappa shape index (κ3) is 5.14. The molecule has 2 heterocycles. The minimum atomic E-state index is -1.71. The molecular formula is C26H30O11. The highest BCUT2D eigenvalue weighted by molar-refractivity contribution is 6.06. The zero-order valence-corrected chi connectivity index (χ0v) is 20.2. The van der Waals surface area contributed by atoms with Gasteiger partial charge in [-0.1, -0.05) is 23.8 Å². The summed E-state index contributed by atoms with van der Waals surface area (Å²) in [4.78, 5) is 13.1. The van der Waals surface area contributed by atoms with Gasteiger partial charge < -0.3 is 50.0 Å². The van der Waals surface area contributed by atoms with Crippen LogP contribution in [0.2, 0.25) is 0 Å². The number of Topliss-reactive ketones (excluding diaryl/α,β-unsaturated/α-hetero) is 1. The normalized spacial score (nSPS) is 29.3. The van der Waals surface area contributed by atoms with E-state index < -0.39 is 61.1 Å². The second-order valence-electron chi connectivity index (χ2n) is 9.31. The van der Waals surface area contributed by atoms with Crippen LogP contribution in [-0.4, -0.2) is 84.9 Å². The number of allylic oxidation sites excluding steroid dienone is 2. The van der Waals surface area contributed by atoms with Crippen molar-refractivity contribution in [3.8, 4) is 23.0 Å². The highest BCUT2D eigenvalue weighted by Crippen LogP contribution is 2.46. The van der Waals surface area contributed by atoms with Gasteiger partial charge >= 0.3 is 0 Å². The molecule has 2 aliphatic heterocycles. The fourth-order valence-corrected chi connectivity index (χ4v) is 4.29. The van der Waals surface area contributed by atoms with Crippen molar-refractivity contribution >= 4 is 5.78 Å². The van der Waals surface area contributed by atoms with E-state index in [0.717, 1.165) is 5.57 Å². The molecule has 0 spiro atoms. The Morgan fingerprint density at radius 2 is 1.70 bits per heavy atom. The fraction of sp³-hybridized carbons (Fsp3) is 0.423. The van der Waals surface area contributed by atoms with E-state index in [-0.39, 0.29) is 34.8 Å². The summed E-state index contributed by atoms with van der Waals surface area (Å²) in [6.45, 7) is 3.00. The minimum absolute atomic E-state index is 0.0162. The van der Waals surface area contributed by atoms with E-state index in [4.69, 9.17) is 14.2 Å². The molecule has 0 aromatic heterocycles. The van der Waals surface area contributed by atoms with Crippen molar-refractivity contribution in [2.75, 3.05) is 6.61 Å². The Hall–Kier alpha value is -3.19. The smallest absolute Gasteiger partial charge is 0.229 e. The first-order valence-corrected chi connectivity index (χ1v) is 11.7. The molecule has 2 aliphatic rings. The van der Waals surface area contributed by atoms with E-state index in [1.165, 1.54) is 30.3 Å². The molecule has 2 aromatic rings. The predicted octanol–water partition coefficient (Wildman–Crippen LogP) is 0.462. The Labute approximate surface area is 212 Å². The molecule has 200 valence electrons. The van der Waals surface area contributed by atoms with Crippen LogP contribution in [0.1, 0.15) is 41.4 Å². The standard InChI is InChI=1S/C26H30O11/c1-11(2)3-8-14-15(36-26-24(34)22(32)20(30)17(10-27)37-26)9-16-18(19(14)29)21(31)23(33)25(35-16)12-4-6-13(28)7-5-12/h3-7,9,17,20,22-30,32-34H,8,10H2,1-2H3. The summed E-state index contributed by atoms with van der Waals surface area (Å²) in [6, 6.07) is 7.02. The largest absolute Gasteiger partial charge is 0.508 e. The molecule has 0 saturated carbocycles. The molecule has 7 N–H and O–H groups in total.